The van der Waals surface area contributed by atoms with E-state index in [-0.39, 0.29) is 29.3 Å². The molecule has 1 heterocycles. The zero-order chi connectivity index (χ0) is 29.9. The Morgan fingerprint density at radius 2 is 1.44 bits per heavy atom. The lowest BCUT2D eigenvalue weighted by Crippen LogP contribution is -2.48. The fourth-order valence-corrected chi connectivity index (χ4v) is 5.01. The van der Waals surface area contributed by atoms with E-state index in [0.717, 1.165) is 16.3 Å². The summed E-state index contributed by atoms with van der Waals surface area (Å²) in [7, 11) is 2.73. The van der Waals surface area contributed by atoms with Gasteiger partial charge in [0.05, 0.1) is 43.5 Å². The van der Waals surface area contributed by atoms with Gasteiger partial charge in [0.2, 0.25) is 0 Å². The van der Waals surface area contributed by atoms with Crippen molar-refractivity contribution in [2.75, 3.05) is 43.3 Å². The van der Waals surface area contributed by atoms with Crippen molar-refractivity contribution in [2.45, 2.75) is 52.2 Å². The first-order valence-corrected chi connectivity index (χ1v) is 13.5. The third-order valence-corrected chi connectivity index (χ3v) is 6.94. The molecule has 0 radical (unpaired) electrons. The quantitative estimate of drug-likeness (QED) is 0.340. The Labute approximate surface area is 240 Å². The standard InChI is InChI=1S/C31H38N4O6/c1-18-16-35(17-19(2)41-18)28(36)23-12-13-24(22-11-9-8-10-21(22)23)32-29(37)33-25-14-20(31(3,4)5)15-26(27(25)39-6)34-30(38)40-7/h8-15,18-19H,16-17H2,1-7H3,(H,34,38)(H2,32,33,37)/t18-,19-/m0/s1. The van der Waals surface area contributed by atoms with Crippen molar-refractivity contribution in [2.24, 2.45) is 0 Å². The molecule has 10 nitrogen and oxygen atoms in total. The number of amides is 4. The first-order valence-electron chi connectivity index (χ1n) is 13.5. The zero-order valence-electron chi connectivity index (χ0n) is 24.6. The minimum Gasteiger partial charge on any atom is -0.492 e. The van der Waals surface area contributed by atoms with E-state index in [9.17, 15) is 14.4 Å². The molecule has 3 aromatic rings. The van der Waals surface area contributed by atoms with Crippen molar-refractivity contribution in [3.8, 4) is 5.75 Å². The molecule has 3 N–H and O–H groups in total. The molecule has 0 aliphatic carbocycles. The number of ether oxygens (including phenoxy) is 3. The number of methoxy groups -OCH3 is 2. The van der Waals surface area contributed by atoms with Crippen molar-refractivity contribution in [3.63, 3.8) is 0 Å². The second kappa shape index (κ2) is 12.1. The third-order valence-electron chi connectivity index (χ3n) is 6.94. The summed E-state index contributed by atoms with van der Waals surface area (Å²) < 4.78 is 16.1. The SMILES string of the molecule is COC(=O)Nc1cc(C(C)(C)C)cc(NC(=O)Nc2ccc(C(=O)N3C[C@H](C)O[C@@H](C)C3)c3ccccc23)c1OC. The van der Waals surface area contributed by atoms with Gasteiger partial charge in [-0.05, 0) is 54.5 Å². The van der Waals surface area contributed by atoms with Crippen LogP contribution in [-0.4, -0.2) is 62.4 Å². The number of benzene rings is 3. The van der Waals surface area contributed by atoms with E-state index < -0.39 is 12.1 Å². The number of hydrogen-bond donors (Lipinski definition) is 3. The predicted molar refractivity (Wildman–Crippen MR) is 160 cm³/mol. The maximum absolute atomic E-state index is 13.5. The molecular formula is C31H38N4O6. The lowest BCUT2D eigenvalue weighted by Gasteiger charge is -2.35. The molecular weight excluding hydrogens is 524 g/mol. The molecule has 0 aromatic heterocycles. The van der Waals surface area contributed by atoms with Gasteiger partial charge in [-0.1, -0.05) is 45.0 Å². The van der Waals surface area contributed by atoms with Crippen LogP contribution in [0.5, 0.6) is 5.75 Å². The third kappa shape index (κ3) is 6.71. The van der Waals surface area contributed by atoms with E-state index in [2.05, 4.69) is 16.0 Å². The number of anilines is 3. The largest absolute Gasteiger partial charge is 0.492 e. The van der Waals surface area contributed by atoms with Crippen LogP contribution in [0.25, 0.3) is 10.8 Å². The Kier molecular flexibility index (Phi) is 8.72. The summed E-state index contributed by atoms with van der Waals surface area (Å²) in [6.45, 7) is 11.0. The Morgan fingerprint density at radius 3 is 2.02 bits per heavy atom. The molecule has 4 amide bonds. The van der Waals surface area contributed by atoms with Crippen LogP contribution in [0, 0.1) is 0 Å². The van der Waals surface area contributed by atoms with E-state index in [1.165, 1.54) is 14.2 Å². The van der Waals surface area contributed by atoms with Crippen LogP contribution < -0.4 is 20.7 Å². The van der Waals surface area contributed by atoms with Crippen LogP contribution in [0.1, 0.15) is 50.5 Å². The molecule has 0 bridgehead atoms. The normalized spacial score (nSPS) is 17.1. The van der Waals surface area contributed by atoms with Crippen LogP contribution in [0.15, 0.2) is 48.5 Å². The summed E-state index contributed by atoms with van der Waals surface area (Å²) in [5.41, 5.74) is 2.40. The first-order chi connectivity index (χ1) is 19.4. The highest BCUT2D eigenvalue weighted by Crippen LogP contribution is 2.39. The van der Waals surface area contributed by atoms with Crippen molar-refractivity contribution in [3.05, 3.63) is 59.7 Å². The second-order valence-electron chi connectivity index (χ2n) is 11.2. The number of urea groups is 1. The Morgan fingerprint density at radius 1 is 0.854 bits per heavy atom. The molecule has 1 fully saturated rings. The van der Waals surface area contributed by atoms with Gasteiger partial charge in [0, 0.05) is 24.0 Å². The Balaban J connectivity index is 1.64. The number of morpholine rings is 1. The number of carbonyl (C=O) groups excluding carboxylic acids is 3. The van der Waals surface area contributed by atoms with Crippen molar-refractivity contribution < 1.29 is 28.6 Å². The van der Waals surface area contributed by atoms with Gasteiger partial charge in [0.25, 0.3) is 5.91 Å². The van der Waals surface area contributed by atoms with Crippen molar-refractivity contribution >= 4 is 45.9 Å². The van der Waals surface area contributed by atoms with E-state index in [1.54, 1.807) is 18.2 Å². The van der Waals surface area contributed by atoms with Gasteiger partial charge in [-0.15, -0.1) is 0 Å². The minimum atomic E-state index is -0.660. The van der Waals surface area contributed by atoms with Crippen LogP contribution in [-0.2, 0) is 14.9 Å². The molecule has 218 valence electrons. The fraction of sp³-hybridized carbons (Fsp3) is 0.387. The van der Waals surface area contributed by atoms with E-state index in [0.29, 0.717) is 35.7 Å². The Hall–Kier alpha value is -4.31. The van der Waals surface area contributed by atoms with Gasteiger partial charge < -0.3 is 29.7 Å². The maximum Gasteiger partial charge on any atom is 0.411 e. The fourth-order valence-electron chi connectivity index (χ4n) is 5.01. The van der Waals surface area contributed by atoms with Crippen molar-refractivity contribution in [1.82, 2.24) is 4.90 Å². The van der Waals surface area contributed by atoms with Crippen LogP contribution >= 0.6 is 0 Å². The summed E-state index contributed by atoms with van der Waals surface area (Å²) in [6, 6.07) is 14.0. The van der Waals surface area contributed by atoms with Gasteiger partial charge in [-0.25, -0.2) is 9.59 Å². The van der Waals surface area contributed by atoms with E-state index >= 15 is 0 Å². The molecule has 10 heteroatoms. The number of nitrogens with zero attached hydrogens (tertiary/aromatic N) is 1. The summed E-state index contributed by atoms with van der Waals surface area (Å²) >= 11 is 0. The monoisotopic (exact) mass is 562 g/mol. The topological polar surface area (TPSA) is 118 Å². The number of carbonyl (C=O) groups is 3. The summed E-state index contributed by atoms with van der Waals surface area (Å²) in [5.74, 6) is 0.201. The van der Waals surface area contributed by atoms with Crippen molar-refractivity contribution in [1.29, 1.82) is 0 Å². The number of rotatable bonds is 5. The molecule has 41 heavy (non-hydrogen) atoms. The number of nitrogens with one attached hydrogen (secondary N) is 3. The number of hydrogen-bond acceptors (Lipinski definition) is 6. The average molecular weight is 563 g/mol. The lowest BCUT2D eigenvalue weighted by atomic mass is 9.86. The molecule has 0 unspecified atom stereocenters. The summed E-state index contributed by atoms with van der Waals surface area (Å²) in [4.78, 5) is 40.6. The summed E-state index contributed by atoms with van der Waals surface area (Å²) in [5, 5.41) is 9.89. The number of fused-ring (bicyclic) bond motifs is 1. The van der Waals surface area contributed by atoms with Gasteiger partial charge in [-0.2, -0.15) is 0 Å². The van der Waals surface area contributed by atoms with Gasteiger partial charge in [0.1, 0.15) is 0 Å². The molecule has 1 saturated heterocycles. The lowest BCUT2D eigenvalue weighted by molar-refractivity contribution is -0.0585. The molecule has 0 saturated carbocycles. The molecule has 3 aromatic carbocycles. The highest BCUT2D eigenvalue weighted by atomic mass is 16.5. The van der Waals surface area contributed by atoms with Crippen LogP contribution in [0.4, 0.5) is 26.7 Å². The smallest absolute Gasteiger partial charge is 0.411 e. The second-order valence-corrected chi connectivity index (χ2v) is 11.2. The molecule has 0 spiro atoms. The molecule has 1 aliphatic heterocycles. The van der Waals surface area contributed by atoms with Gasteiger partial charge >= 0.3 is 12.1 Å². The molecule has 4 rings (SSSR count). The minimum absolute atomic E-state index is 0.0456. The first kappa shape index (κ1) is 29.7. The highest BCUT2D eigenvalue weighted by Gasteiger charge is 2.28. The van der Waals surface area contributed by atoms with Crippen LogP contribution in [0.2, 0.25) is 0 Å². The van der Waals surface area contributed by atoms with E-state index in [4.69, 9.17) is 14.2 Å². The maximum atomic E-state index is 13.5. The van der Waals surface area contributed by atoms with Gasteiger partial charge in [-0.3, -0.25) is 10.1 Å². The highest BCUT2D eigenvalue weighted by molar-refractivity contribution is 6.13. The predicted octanol–water partition coefficient (Wildman–Crippen LogP) is 6.22. The molecule has 1 aliphatic rings. The van der Waals surface area contributed by atoms with Crippen LogP contribution in [0.3, 0.4) is 0 Å². The zero-order valence-corrected chi connectivity index (χ0v) is 24.6. The summed E-state index contributed by atoms with van der Waals surface area (Å²) in [6.07, 6.45) is -0.752. The average Bonchev–Trinajstić information content (AvgIpc) is 2.91. The Bertz CT molecular complexity index is 1450. The molecule has 2 atom stereocenters. The van der Waals surface area contributed by atoms with Gasteiger partial charge in [0.15, 0.2) is 5.75 Å². The van der Waals surface area contributed by atoms with E-state index in [1.807, 2.05) is 69.9 Å².